The Morgan fingerprint density at radius 3 is 2.56 bits per heavy atom. The molecule has 1 aliphatic heterocycles. The third-order valence-corrected chi connectivity index (χ3v) is 4.48. The molecule has 0 aromatic heterocycles. The van der Waals surface area contributed by atoms with E-state index < -0.39 is 0 Å². The monoisotopic (exact) mass is 249 g/mol. The van der Waals surface area contributed by atoms with E-state index in [1.807, 2.05) is 0 Å². The van der Waals surface area contributed by atoms with Crippen LogP contribution in [0.3, 0.4) is 0 Å². The Hall–Kier alpha value is -0.600. The van der Waals surface area contributed by atoms with Crippen LogP contribution in [0, 0.1) is 5.41 Å². The molecule has 0 bridgehead atoms. The quantitative estimate of drug-likeness (QED) is 0.772. The molecule has 0 radical (unpaired) electrons. The average Bonchev–Trinajstić information content (AvgIpc) is 2.28. The molecule has 2 nitrogen and oxygen atoms in total. The Kier molecular flexibility index (Phi) is 3.70. The van der Waals surface area contributed by atoms with Crippen LogP contribution in [-0.2, 0) is 0 Å². The summed E-state index contributed by atoms with van der Waals surface area (Å²) in [5.41, 5.74) is 0.326. The van der Waals surface area contributed by atoms with Crippen molar-refractivity contribution in [1.82, 2.24) is 4.90 Å². The molecule has 3 atom stereocenters. The summed E-state index contributed by atoms with van der Waals surface area (Å²) in [7, 11) is 0. The predicted molar refractivity (Wildman–Crippen MR) is 76.5 cm³/mol. The fourth-order valence-electron chi connectivity index (χ4n) is 3.37. The molecule has 2 rings (SSSR count). The van der Waals surface area contributed by atoms with Crippen molar-refractivity contribution in [3.63, 3.8) is 0 Å². The highest BCUT2D eigenvalue weighted by Gasteiger charge is 2.43. The molecule has 1 heterocycles. The zero-order valence-electron chi connectivity index (χ0n) is 12.2. The molecule has 0 aromatic carbocycles. The molecule has 1 aliphatic carbocycles. The van der Waals surface area contributed by atoms with Crippen LogP contribution >= 0.6 is 0 Å². The standard InChI is InChI=1S/C16H27NO/c1-15(2,3)17-11-8-13(18)12-14(17)16(4)9-6-5-7-10-16/h5-7,9,13-14,18H,8,10-12H2,1-4H3/t13-,14+,16?/m0/s1. The number of aliphatic hydroxyl groups excluding tert-OH is 1. The van der Waals surface area contributed by atoms with Gasteiger partial charge < -0.3 is 5.11 Å². The van der Waals surface area contributed by atoms with Crippen molar-refractivity contribution >= 4 is 0 Å². The second kappa shape index (κ2) is 4.82. The minimum absolute atomic E-state index is 0.135. The molecular weight excluding hydrogens is 222 g/mol. The zero-order chi connectivity index (χ0) is 13.4. The first kappa shape index (κ1) is 13.8. The number of allylic oxidation sites excluding steroid dienone is 3. The lowest BCUT2D eigenvalue weighted by atomic mass is 9.71. The SMILES string of the molecule is CC1([C@H]2C[C@@H](O)CCN2C(C)(C)C)C=CC=CC1. The Morgan fingerprint density at radius 1 is 1.28 bits per heavy atom. The van der Waals surface area contributed by atoms with Crippen LogP contribution in [-0.4, -0.2) is 34.2 Å². The smallest absolute Gasteiger partial charge is 0.0567 e. The summed E-state index contributed by atoms with van der Waals surface area (Å²) < 4.78 is 0. The van der Waals surface area contributed by atoms with Crippen LogP contribution in [0.5, 0.6) is 0 Å². The third kappa shape index (κ3) is 2.70. The van der Waals surface area contributed by atoms with E-state index in [0.29, 0.717) is 6.04 Å². The van der Waals surface area contributed by atoms with Crippen LogP contribution < -0.4 is 0 Å². The number of rotatable bonds is 1. The first-order valence-corrected chi connectivity index (χ1v) is 7.12. The number of piperidine rings is 1. The molecule has 2 heteroatoms. The van der Waals surface area contributed by atoms with Crippen LogP contribution in [0.2, 0.25) is 0 Å². The minimum Gasteiger partial charge on any atom is -0.393 e. The molecule has 1 fully saturated rings. The highest BCUT2D eigenvalue weighted by molar-refractivity contribution is 5.19. The first-order valence-electron chi connectivity index (χ1n) is 7.12. The normalized spacial score (nSPS) is 38.1. The zero-order valence-corrected chi connectivity index (χ0v) is 12.2. The van der Waals surface area contributed by atoms with E-state index in [2.05, 4.69) is 56.9 Å². The number of nitrogens with zero attached hydrogens (tertiary/aromatic N) is 1. The van der Waals surface area contributed by atoms with Gasteiger partial charge in [-0.2, -0.15) is 0 Å². The predicted octanol–water partition coefficient (Wildman–Crippen LogP) is 3.13. The summed E-state index contributed by atoms with van der Waals surface area (Å²) in [6.07, 6.45) is 11.6. The van der Waals surface area contributed by atoms with Crippen molar-refractivity contribution in [2.24, 2.45) is 5.41 Å². The van der Waals surface area contributed by atoms with Gasteiger partial charge in [0.25, 0.3) is 0 Å². The van der Waals surface area contributed by atoms with Gasteiger partial charge in [-0.25, -0.2) is 0 Å². The summed E-state index contributed by atoms with van der Waals surface area (Å²) in [6.45, 7) is 10.2. The summed E-state index contributed by atoms with van der Waals surface area (Å²) in [5, 5.41) is 10.0. The van der Waals surface area contributed by atoms with E-state index in [-0.39, 0.29) is 17.1 Å². The average molecular weight is 249 g/mol. The maximum absolute atomic E-state index is 10.0. The second-order valence-electron chi connectivity index (χ2n) is 7.06. The fraction of sp³-hybridized carbons (Fsp3) is 0.750. The van der Waals surface area contributed by atoms with Crippen molar-refractivity contribution in [2.75, 3.05) is 6.54 Å². The fourth-order valence-corrected chi connectivity index (χ4v) is 3.37. The Morgan fingerprint density at radius 2 is 2.00 bits per heavy atom. The lowest BCUT2D eigenvalue weighted by Gasteiger charge is -2.52. The van der Waals surface area contributed by atoms with E-state index in [1.54, 1.807) is 0 Å². The number of likely N-dealkylation sites (tertiary alicyclic amines) is 1. The van der Waals surface area contributed by atoms with E-state index in [1.165, 1.54) is 0 Å². The second-order valence-corrected chi connectivity index (χ2v) is 7.06. The first-order chi connectivity index (χ1) is 8.33. The highest BCUT2D eigenvalue weighted by Crippen LogP contribution is 2.41. The molecule has 0 spiro atoms. The van der Waals surface area contributed by atoms with E-state index in [9.17, 15) is 5.11 Å². The lowest BCUT2D eigenvalue weighted by Crippen LogP contribution is -2.58. The highest BCUT2D eigenvalue weighted by atomic mass is 16.3. The summed E-state index contributed by atoms with van der Waals surface area (Å²) in [5.74, 6) is 0. The summed E-state index contributed by atoms with van der Waals surface area (Å²) in [4.78, 5) is 2.59. The van der Waals surface area contributed by atoms with Crippen molar-refractivity contribution in [3.8, 4) is 0 Å². The molecule has 102 valence electrons. The Bertz CT molecular complexity index is 353. The molecule has 2 aliphatic rings. The lowest BCUT2D eigenvalue weighted by molar-refractivity contribution is -0.0446. The van der Waals surface area contributed by atoms with Crippen molar-refractivity contribution in [1.29, 1.82) is 0 Å². The van der Waals surface area contributed by atoms with Gasteiger partial charge in [-0.05, 0) is 40.0 Å². The van der Waals surface area contributed by atoms with E-state index in [4.69, 9.17) is 0 Å². The Labute approximate surface area is 111 Å². The van der Waals surface area contributed by atoms with Gasteiger partial charge in [0.15, 0.2) is 0 Å². The van der Waals surface area contributed by atoms with Gasteiger partial charge in [0.2, 0.25) is 0 Å². The molecule has 0 saturated carbocycles. The van der Waals surface area contributed by atoms with Gasteiger partial charge in [-0.15, -0.1) is 0 Å². The van der Waals surface area contributed by atoms with Gasteiger partial charge in [-0.3, -0.25) is 4.90 Å². The van der Waals surface area contributed by atoms with Crippen LogP contribution in [0.4, 0.5) is 0 Å². The Balaban J connectivity index is 2.25. The van der Waals surface area contributed by atoms with Crippen LogP contribution in [0.25, 0.3) is 0 Å². The van der Waals surface area contributed by atoms with Gasteiger partial charge in [0.05, 0.1) is 6.10 Å². The van der Waals surface area contributed by atoms with Crippen LogP contribution in [0.1, 0.15) is 47.0 Å². The van der Waals surface area contributed by atoms with Crippen molar-refractivity contribution in [2.45, 2.75) is 64.6 Å². The van der Waals surface area contributed by atoms with Crippen LogP contribution in [0.15, 0.2) is 24.3 Å². The molecule has 1 N–H and O–H groups in total. The van der Waals surface area contributed by atoms with Gasteiger partial charge in [0.1, 0.15) is 0 Å². The van der Waals surface area contributed by atoms with Gasteiger partial charge in [0, 0.05) is 23.5 Å². The maximum atomic E-state index is 10.0. The number of aliphatic hydroxyl groups is 1. The molecule has 18 heavy (non-hydrogen) atoms. The van der Waals surface area contributed by atoms with Crippen molar-refractivity contribution in [3.05, 3.63) is 24.3 Å². The van der Waals surface area contributed by atoms with Gasteiger partial charge >= 0.3 is 0 Å². The number of hydrogen-bond donors (Lipinski definition) is 1. The largest absolute Gasteiger partial charge is 0.393 e. The molecule has 1 unspecified atom stereocenters. The molecular formula is C16H27NO. The summed E-state index contributed by atoms with van der Waals surface area (Å²) >= 11 is 0. The third-order valence-electron chi connectivity index (χ3n) is 4.48. The van der Waals surface area contributed by atoms with Gasteiger partial charge in [-0.1, -0.05) is 31.2 Å². The van der Waals surface area contributed by atoms with Crippen molar-refractivity contribution < 1.29 is 5.11 Å². The van der Waals surface area contributed by atoms with E-state index in [0.717, 1.165) is 25.8 Å². The molecule has 0 aromatic rings. The molecule has 0 amide bonds. The molecule has 1 saturated heterocycles. The summed E-state index contributed by atoms with van der Waals surface area (Å²) in [6, 6.07) is 0.433. The number of hydrogen-bond acceptors (Lipinski definition) is 2. The van der Waals surface area contributed by atoms with E-state index >= 15 is 0 Å². The topological polar surface area (TPSA) is 23.5 Å². The minimum atomic E-state index is -0.135. The maximum Gasteiger partial charge on any atom is 0.0567 e.